The van der Waals surface area contributed by atoms with Gasteiger partial charge in [0.2, 0.25) is 11.8 Å². The average Bonchev–Trinajstić information content (AvgIpc) is 3.30. The summed E-state index contributed by atoms with van der Waals surface area (Å²) in [5, 5.41) is 2.66. The minimum atomic E-state index is -0.325. The fourth-order valence-corrected chi connectivity index (χ4v) is 2.07. The Kier molecular flexibility index (Phi) is 6.54. The summed E-state index contributed by atoms with van der Waals surface area (Å²) in [6.45, 7) is 1.99. The van der Waals surface area contributed by atoms with Crippen molar-refractivity contribution in [2.45, 2.75) is 19.4 Å². The molecule has 0 aliphatic heterocycles. The van der Waals surface area contributed by atoms with Gasteiger partial charge in [0.15, 0.2) is 5.69 Å². The van der Waals surface area contributed by atoms with Crippen LogP contribution in [0.15, 0.2) is 10.7 Å². The van der Waals surface area contributed by atoms with Gasteiger partial charge >= 0.3 is 0 Å². The van der Waals surface area contributed by atoms with Crippen LogP contribution in [0.1, 0.15) is 29.2 Å². The molecule has 1 N–H and O–H groups in total. The van der Waals surface area contributed by atoms with Crippen LogP contribution in [0.4, 0.5) is 0 Å². The largest absolute Gasteiger partial charge is 0.446 e. The molecule has 8 nitrogen and oxygen atoms in total. The maximum atomic E-state index is 12.2. The van der Waals surface area contributed by atoms with Crippen molar-refractivity contribution in [3.8, 4) is 0 Å². The van der Waals surface area contributed by atoms with Crippen LogP contribution in [0.3, 0.4) is 0 Å². The third-order valence-electron chi connectivity index (χ3n) is 3.51. The molecule has 0 atom stereocenters. The molecule has 1 aromatic heterocycles. The SMILES string of the molecule is COCCNC(=O)c1coc(CN(CCOC)C(=O)C2CC2)n1. The number of amides is 2. The summed E-state index contributed by atoms with van der Waals surface area (Å²) in [5.41, 5.74) is 0.196. The van der Waals surface area contributed by atoms with Gasteiger partial charge in [-0.2, -0.15) is 0 Å². The van der Waals surface area contributed by atoms with Crippen molar-refractivity contribution >= 4 is 11.8 Å². The lowest BCUT2D eigenvalue weighted by molar-refractivity contribution is -0.134. The van der Waals surface area contributed by atoms with E-state index in [2.05, 4.69) is 10.3 Å². The van der Waals surface area contributed by atoms with Crippen LogP contribution < -0.4 is 5.32 Å². The maximum absolute atomic E-state index is 12.2. The number of carbonyl (C=O) groups excluding carboxylic acids is 2. The van der Waals surface area contributed by atoms with Crippen molar-refractivity contribution in [1.82, 2.24) is 15.2 Å². The minimum Gasteiger partial charge on any atom is -0.446 e. The monoisotopic (exact) mass is 325 g/mol. The molecule has 1 fully saturated rings. The lowest BCUT2D eigenvalue weighted by Gasteiger charge is -2.20. The first-order chi connectivity index (χ1) is 11.2. The molecule has 0 spiro atoms. The molecule has 0 radical (unpaired) electrons. The fraction of sp³-hybridized carbons (Fsp3) is 0.667. The molecule has 1 heterocycles. The third-order valence-corrected chi connectivity index (χ3v) is 3.51. The second-order valence-electron chi connectivity index (χ2n) is 5.40. The first kappa shape index (κ1) is 17.4. The molecule has 0 aromatic carbocycles. The molecule has 0 bridgehead atoms. The van der Waals surface area contributed by atoms with Crippen LogP contribution in [-0.4, -0.2) is 62.2 Å². The molecule has 2 amide bonds. The van der Waals surface area contributed by atoms with Gasteiger partial charge in [-0.05, 0) is 12.8 Å². The highest BCUT2D eigenvalue weighted by molar-refractivity contribution is 5.91. The molecule has 1 aliphatic rings. The van der Waals surface area contributed by atoms with Crippen LogP contribution in [0, 0.1) is 5.92 Å². The van der Waals surface area contributed by atoms with E-state index < -0.39 is 0 Å². The molecule has 1 aromatic rings. The van der Waals surface area contributed by atoms with Crippen LogP contribution in [0.2, 0.25) is 0 Å². The van der Waals surface area contributed by atoms with Gasteiger partial charge in [0, 0.05) is 33.2 Å². The predicted molar refractivity (Wildman–Crippen MR) is 80.7 cm³/mol. The van der Waals surface area contributed by atoms with Gasteiger partial charge in [-0.15, -0.1) is 0 Å². The molecule has 1 aliphatic carbocycles. The number of methoxy groups -OCH3 is 2. The van der Waals surface area contributed by atoms with E-state index >= 15 is 0 Å². The third kappa shape index (κ3) is 5.33. The lowest BCUT2D eigenvalue weighted by Crippen LogP contribution is -2.34. The highest BCUT2D eigenvalue weighted by Crippen LogP contribution is 2.31. The maximum Gasteiger partial charge on any atom is 0.273 e. The molecule has 128 valence electrons. The summed E-state index contributed by atoms with van der Waals surface area (Å²) in [6.07, 6.45) is 3.16. The van der Waals surface area contributed by atoms with Gasteiger partial charge in [-0.3, -0.25) is 9.59 Å². The molecule has 1 saturated carbocycles. The summed E-state index contributed by atoms with van der Waals surface area (Å²) < 4.78 is 15.2. The first-order valence-electron chi connectivity index (χ1n) is 7.65. The second kappa shape index (κ2) is 8.64. The van der Waals surface area contributed by atoms with Crippen LogP contribution in [-0.2, 0) is 20.8 Å². The Morgan fingerprint density at radius 1 is 1.35 bits per heavy atom. The molecule has 0 saturated heterocycles. The number of oxazole rings is 1. The quantitative estimate of drug-likeness (QED) is 0.627. The number of hydrogen-bond acceptors (Lipinski definition) is 6. The zero-order chi connectivity index (χ0) is 16.7. The fourth-order valence-electron chi connectivity index (χ4n) is 2.07. The van der Waals surface area contributed by atoms with E-state index in [4.69, 9.17) is 13.9 Å². The Balaban J connectivity index is 1.91. The Morgan fingerprint density at radius 2 is 2.09 bits per heavy atom. The zero-order valence-electron chi connectivity index (χ0n) is 13.5. The van der Waals surface area contributed by atoms with E-state index in [9.17, 15) is 9.59 Å². The van der Waals surface area contributed by atoms with Crippen molar-refractivity contribution in [3.63, 3.8) is 0 Å². The van der Waals surface area contributed by atoms with Gasteiger partial charge in [-0.1, -0.05) is 0 Å². The lowest BCUT2D eigenvalue weighted by atomic mass is 10.3. The van der Waals surface area contributed by atoms with Crippen molar-refractivity contribution in [2.75, 3.05) is 40.5 Å². The van der Waals surface area contributed by atoms with E-state index in [0.29, 0.717) is 32.2 Å². The van der Waals surface area contributed by atoms with E-state index in [-0.39, 0.29) is 30.0 Å². The number of hydrogen-bond donors (Lipinski definition) is 1. The minimum absolute atomic E-state index is 0.0892. The summed E-state index contributed by atoms with van der Waals surface area (Å²) in [5.74, 6) is 0.214. The topological polar surface area (TPSA) is 93.9 Å². The van der Waals surface area contributed by atoms with Gasteiger partial charge in [0.25, 0.3) is 5.91 Å². The van der Waals surface area contributed by atoms with Crippen LogP contribution >= 0.6 is 0 Å². The number of aromatic nitrogens is 1. The Morgan fingerprint density at radius 3 is 2.74 bits per heavy atom. The highest BCUT2D eigenvalue weighted by atomic mass is 16.5. The molecular formula is C15H23N3O5. The van der Waals surface area contributed by atoms with Crippen molar-refractivity contribution in [2.24, 2.45) is 5.92 Å². The van der Waals surface area contributed by atoms with E-state index in [0.717, 1.165) is 12.8 Å². The molecular weight excluding hydrogens is 302 g/mol. The zero-order valence-corrected chi connectivity index (χ0v) is 13.5. The summed E-state index contributed by atoms with van der Waals surface area (Å²) >= 11 is 0. The van der Waals surface area contributed by atoms with Crippen molar-refractivity contribution < 1.29 is 23.5 Å². The Labute approximate surface area is 135 Å². The number of ether oxygens (including phenoxy) is 2. The second-order valence-corrected chi connectivity index (χ2v) is 5.40. The summed E-state index contributed by atoms with van der Waals surface area (Å²) in [4.78, 5) is 29.9. The normalized spacial score (nSPS) is 13.8. The predicted octanol–water partition coefficient (Wildman–Crippen LogP) is 0.436. The van der Waals surface area contributed by atoms with Gasteiger partial charge in [-0.25, -0.2) is 4.98 Å². The highest BCUT2D eigenvalue weighted by Gasteiger charge is 2.33. The molecule has 8 heteroatoms. The number of nitrogens with one attached hydrogen (secondary N) is 1. The summed E-state index contributed by atoms with van der Waals surface area (Å²) in [7, 11) is 3.15. The van der Waals surface area contributed by atoms with Crippen molar-refractivity contribution in [1.29, 1.82) is 0 Å². The Hall–Kier alpha value is -1.93. The number of carbonyl (C=O) groups is 2. The molecule has 0 unspecified atom stereocenters. The average molecular weight is 325 g/mol. The van der Waals surface area contributed by atoms with Crippen LogP contribution in [0.5, 0.6) is 0 Å². The van der Waals surface area contributed by atoms with Gasteiger partial charge in [0.05, 0.1) is 19.8 Å². The van der Waals surface area contributed by atoms with E-state index in [1.165, 1.54) is 6.26 Å². The number of rotatable bonds is 10. The van der Waals surface area contributed by atoms with Crippen LogP contribution in [0.25, 0.3) is 0 Å². The van der Waals surface area contributed by atoms with Crippen molar-refractivity contribution in [3.05, 3.63) is 17.8 Å². The standard InChI is InChI=1S/C15H23N3O5/c1-21-7-5-16-14(19)12-10-23-13(17-12)9-18(6-8-22-2)15(20)11-3-4-11/h10-11H,3-9H2,1-2H3,(H,16,19). The molecule has 2 rings (SSSR count). The smallest absolute Gasteiger partial charge is 0.273 e. The van der Waals surface area contributed by atoms with E-state index in [1.807, 2.05) is 0 Å². The molecule has 23 heavy (non-hydrogen) atoms. The van der Waals surface area contributed by atoms with Gasteiger partial charge in [0.1, 0.15) is 6.26 Å². The number of nitrogens with zero attached hydrogens (tertiary/aromatic N) is 2. The summed E-state index contributed by atoms with van der Waals surface area (Å²) in [6, 6.07) is 0. The van der Waals surface area contributed by atoms with E-state index in [1.54, 1.807) is 19.1 Å². The Bertz CT molecular complexity index is 527. The van der Waals surface area contributed by atoms with Gasteiger partial charge < -0.3 is 24.1 Å². The first-order valence-corrected chi connectivity index (χ1v) is 7.65.